The second-order valence-corrected chi connectivity index (χ2v) is 7.99. The van der Waals surface area contributed by atoms with Crippen LogP contribution in [-0.4, -0.2) is 49.8 Å². The average molecular weight is 399 g/mol. The van der Waals surface area contributed by atoms with Gasteiger partial charge < -0.3 is 14.4 Å². The Hall–Kier alpha value is -2.78. The number of fused-ring (bicyclic) bond motifs is 5. The molecule has 152 valence electrons. The van der Waals surface area contributed by atoms with Crippen LogP contribution in [0.15, 0.2) is 30.4 Å². The topological polar surface area (TPSA) is 102 Å². The molecule has 2 bridgehead atoms. The van der Waals surface area contributed by atoms with Crippen LogP contribution in [0.4, 0.5) is 17.1 Å². The van der Waals surface area contributed by atoms with Crippen molar-refractivity contribution < 1.29 is 24.0 Å². The Morgan fingerprint density at radius 2 is 1.76 bits per heavy atom. The van der Waals surface area contributed by atoms with Gasteiger partial charge in [-0.1, -0.05) is 12.2 Å². The summed E-state index contributed by atoms with van der Waals surface area (Å²) in [6.45, 7) is 1.33. The van der Waals surface area contributed by atoms with E-state index in [0.717, 1.165) is 11.3 Å². The summed E-state index contributed by atoms with van der Waals surface area (Å²) < 4.78 is 10.8. The van der Waals surface area contributed by atoms with Crippen molar-refractivity contribution in [1.29, 1.82) is 0 Å². The van der Waals surface area contributed by atoms with Gasteiger partial charge in [-0.25, -0.2) is 4.90 Å². The molecule has 3 fully saturated rings. The number of carbonyl (C=O) groups excluding carboxylic acids is 2. The molecule has 0 N–H and O–H groups in total. The van der Waals surface area contributed by atoms with E-state index in [1.807, 2.05) is 12.2 Å². The van der Waals surface area contributed by atoms with Crippen molar-refractivity contribution in [1.82, 2.24) is 0 Å². The number of imide groups is 1. The number of hydrogen-bond donors (Lipinski definition) is 0. The van der Waals surface area contributed by atoms with Gasteiger partial charge in [0.1, 0.15) is 5.69 Å². The van der Waals surface area contributed by atoms with Gasteiger partial charge in [-0.15, -0.1) is 0 Å². The third-order valence-corrected chi connectivity index (χ3v) is 6.41. The first-order valence-corrected chi connectivity index (χ1v) is 9.74. The normalized spacial score (nSPS) is 30.4. The number of carbonyl (C=O) groups is 2. The maximum absolute atomic E-state index is 13.0. The first-order valence-electron chi connectivity index (χ1n) is 9.74. The van der Waals surface area contributed by atoms with E-state index in [-0.39, 0.29) is 46.9 Å². The SMILES string of the molecule is CN(CC1OCCO1)c1ccc(N2C(=O)C3C4C=CC(C4)C3C2=O)cc1[N+](=O)[O-]. The van der Waals surface area contributed by atoms with E-state index in [0.29, 0.717) is 25.4 Å². The van der Waals surface area contributed by atoms with Crippen LogP contribution in [-0.2, 0) is 19.1 Å². The molecule has 1 aromatic carbocycles. The largest absolute Gasteiger partial charge is 0.364 e. The van der Waals surface area contributed by atoms with E-state index in [9.17, 15) is 19.7 Å². The summed E-state index contributed by atoms with van der Waals surface area (Å²) in [5.41, 5.74) is 0.464. The number of ether oxygens (including phenoxy) is 2. The number of nitro benzene ring substituents is 1. The molecule has 9 nitrogen and oxygen atoms in total. The summed E-state index contributed by atoms with van der Waals surface area (Å²) in [6.07, 6.45) is 4.45. The molecule has 2 amide bonds. The number of rotatable bonds is 5. The van der Waals surface area contributed by atoms with Crippen LogP contribution < -0.4 is 9.80 Å². The first kappa shape index (κ1) is 18.3. The maximum atomic E-state index is 13.0. The summed E-state index contributed by atoms with van der Waals surface area (Å²) in [4.78, 5) is 40.0. The molecule has 4 aliphatic rings. The number of hydrogen-bond acceptors (Lipinski definition) is 7. The quantitative estimate of drug-likeness (QED) is 0.321. The van der Waals surface area contributed by atoms with Crippen LogP contribution in [0.1, 0.15) is 6.42 Å². The number of amides is 2. The van der Waals surface area contributed by atoms with Gasteiger partial charge in [0.15, 0.2) is 6.29 Å². The average Bonchev–Trinajstić information content (AvgIpc) is 3.47. The lowest BCUT2D eigenvalue weighted by Gasteiger charge is -2.23. The lowest BCUT2D eigenvalue weighted by molar-refractivity contribution is -0.384. The van der Waals surface area contributed by atoms with E-state index in [2.05, 4.69) is 0 Å². The number of nitrogens with zero attached hydrogens (tertiary/aromatic N) is 3. The van der Waals surface area contributed by atoms with Crippen LogP contribution >= 0.6 is 0 Å². The van der Waals surface area contributed by atoms with Gasteiger partial charge in [-0.2, -0.15) is 0 Å². The van der Waals surface area contributed by atoms with E-state index < -0.39 is 11.2 Å². The van der Waals surface area contributed by atoms with Crippen LogP contribution in [0.25, 0.3) is 0 Å². The minimum atomic E-state index is -0.497. The summed E-state index contributed by atoms with van der Waals surface area (Å²) in [7, 11) is 1.72. The molecule has 2 aliphatic carbocycles. The van der Waals surface area contributed by atoms with E-state index in [4.69, 9.17) is 9.47 Å². The minimum absolute atomic E-state index is 0.0956. The molecular formula is C20H21N3O6. The molecule has 2 saturated heterocycles. The molecular weight excluding hydrogens is 378 g/mol. The second kappa shape index (κ2) is 6.64. The molecule has 2 heterocycles. The third kappa shape index (κ3) is 2.76. The minimum Gasteiger partial charge on any atom is -0.364 e. The fraction of sp³-hybridized carbons (Fsp3) is 0.500. The fourth-order valence-corrected chi connectivity index (χ4v) is 5.11. The third-order valence-electron chi connectivity index (χ3n) is 6.41. The molecule has 1 saturated carbocycles. The molecule has 5 rings (SSSR count). The van der Waals surface area contributed by atoms with Crippen LogP contribution in [0.3, 0.4) is 0 Å². The lowest BCUT2D eigenvalue weighted by Crippen LogP contribution is -2.33. The highest BCUT2D eigenvalue weighted by molar-refractivity contribution is 6.23. The number of likely N-dealkylation sites (N-methyl/N-ethyl adjacent to an activating group) is 1. The Bertz CT molecular complexity index is 895. The van der Waals surface area contributed by atoms with Crippen LogP contribution in [0, 0.1) is 33.8 Å². The zero-order valence-electron chi connectivity index (χ0n) is 15.9. The van der Waals surface area contributed by atoms with Gasteiger partial charge in [0.05, 0.1) is 42.2 Å². The standard InChI is InChI=1S/C20H21N3O6/c1-21(10-16-28-6-7-29-16)14-5-4-13(9-15(14)23(26)27)22-19(24)17-11-2-3-12(8-11)18(17)20(22)25/h2-5,9,11-12,16-18H,6-8,10H2,1H3. The predicted molar refractivity (Wildman–Crippen MR) is 102 cm³/mol. The van der Waals surface area contributed by atoms with Crippen molar-refractivity contribution in [2.45, 2.75) is 12.7 Å². The highest BCUT2D eigenvalue weighted by atomic mass is 16.7. The highest BCUT2D eigenvalue weighted by Gasteiger charge is 2.59. The van der Waals surface area contributed by atoms with Crippen molar-refractivity contribution in [3.05, 3.63) is 40.5 Å². The van der Waals surface area contributed by atoms with Gasteiger partial charge in [-0.3, -0.25) is 19.7 Å². The Morgan fingerprint density at radius 3 is 2.34 bits per heavy atom. The van der Waals surface area contributed by atoms with Crippen LogP contribution in [0.5, 0.6) is 0 Å². The van der Waals surface area contributed by atoms with Gasteiger partial charge in [0.2, 0.25) is 11.8 Å². The van der Waals surface area contributed by atoms with Crippen molar-refractivity contribution >= 4 is 28.9 Å². The summed E-state index contributed by atoms with van der Waals surface area (Å²) in [5, 5.41) is 11.7. The maximum Gasteiger partial charge on any atom is 0.294 e. The number of allylic oxidation sites excluding steroid dienone is 2. The van der Waals surface area contributed by atoms with Crippen molar-refractivity contribution in [3.63, 3.8) is 0 Å². The summed E-state index contributed by atoms with van der Waals surface area (Å²) in [5.74, 6) is -0.984. The fourth-order valence-electron chi connectivity index (χ4n) is 5.11. The molecule has 0 radical (unpaired) electrons. The van der Waals surface area contributed by atoms with Crippen molar-refractivity contribution in [2.75, 3.05) is 36.6 Å². The molecule has 2 aliphatic heterocycles. The Balaban J connectivity index is 1.44. The van der Waals surface area contributed by atoms with E-state index in [1.54, 1.807) is 24.1 Å². The first-order chi connectivity index (χ1) is 14.0. The predicted octanol–water partition coefficient (Wildman–Crippen LogP) is 1.72. The molecule has 4 unspecified atom stereocenters. The highest BCUT2D eigenvalue weighted by Crippen LogP contribution is 2.53. The van der Waals surface area contributed by atoms with Crippen LogP contribution in [0.2, 0.25) is 0 Å². The zero-order chi connectivity index (χ0) is 20.3. The lowest BCUT2D eigenvalue weighted by atomic mass is 9.85. The number of benzene rings is 1. The van der Waals surface area contributed by atoms with E-state index >= 15 is 0 Å². The van der Waals surface area contributed by atoms with Gasteiger partial charge in [0.25, 0.3) is 5.69 Å². The Morgan fingerprint density at radius 1 is 1.14 bits per heavy atom. The second-order valence-electron chi connectivity index (χ2n) is 7.99. The molecule has 0 aromatic heterocycles. The Kier molecular flexibility index (Phi) is 4.18. The van der Waals surface area contributed by atoms with Gasteiger partial charge >= 0.3 is 0 Å². The molecule has 9 heteroatoms. The van der Waals surface area contributed by atoms with Crippen molar-refractivity contribution in [3.8, 4) is 0 Å². The number of nitro groups is 1. The molecule has 4 atom stereocenters. The Labute approximate surface area is 167 Å². The van der Waals surface area contributed by atoms with Gasteiger partial charge in [-0.05, 0) is 30.4 Å². The van der Waals surface area contributed by atoms with Gasteiger partial charge in [0, 0.05) is 13.1 Å². The zero-order valence-corrected chi connectivity index (χ0v) is 15.9. The molecule has 0 spiro atoms. The molecule has 29 heavy (non-hydrogen) atoms. The number of anilines is 2. The van der Waals surface area contributed by atoms with E-state index in [1.165, 1.54) is 6.07 Å². The van der Waals surface area contributed by atoms with Crippen molar-refractivity contribution in [2.24, 2.45) is 23.7 Å². The molecule has 1 aromatic rings. The monoisotopic (exact) mass is 399 g/mol. The summed E-state index contributed by atoms with van der Waals surface area (Å²) in [6, 6.07) is 4.49. The smallest absolute Gasteiger partial charge is 0.294 e. The summed E-state index contributed by atoms with van der Waals surface area (Å²) >= 11 is 0.